The molecule has 9 nitrogen and oxygen atoms in total. The lowest BCUT2D eigenvalue weighted by Gasteiger charge is -2.31. The highest BCUT2D eigenvalue weighted by Crippen LogP contribution is 2.27. The fourth-order valence-electron chi connectivity index (χ4n) is 3.71. The third-order valence-corrected chi connectivity index (χ3v) is 5.55. The number of aromatic nitrogens is 2. The summed E-state index contributed by atoms with van der Waals surface area (Å²) in [7, 11) is 6.35. The van der Waals surface area contributed by atoms with Crippen molar-refractivity contribution in [3.63, 3.8) is 0 Å². The number of likely N-dealkylation sites (tertiary alicyclic amines) is 1. The summed E-state index contributed by atoms with van der Waals surface area (Å²) >= 11 is 0. The lowest BCUT2D eigenvalue weighted by Crippen LogP contribution is -2.43. The number of aryl methyl sites for hydroxylation is 3. The molecule has 3 rings (SSSR count). The quantitative estimate of drug-likeness (QED) is 0.549. The van der Waals surface area contributed by atoms with Crippen LogP contribution in [-0.2, 0) is 29.6 Å². The molecule has 1 saturated heterocycles. The average Bonchev–Trinajstić information content (AvgIpc) is 3.42. The molecule has 2 aromatic rings. The summed E-state index contributed by atoms with van der Waals surface area (Å²) in [4.78, 5) is 22.7. The van der Waals surface area contributed by atoms with Crippen LogP contribution in [-0.4, -0.2) is 86.8 Å². The summed E-state index contributed by atoms with van der Waals surface area (Å²) in [6.07, 6.45) is -3.80. The van der Waals surface area contributed by atoms with E-state index in [4.69, 9.17) is 24.2 Å². The van der Waals surface area contributed by atoms with Crippen LogP contribution in [0.15, 0.2) is 22.9 Å². The monoisotopic (exact) mass is 544 g/mol. The number of furan rings is 1. The summed E-state index contributed by atoms with van der Waals surface area (Å²) < 4.78 is 71.3. The highest BCUT2D eigenvalue weighted by Gasteiger charge is 2.39. The van der Waals surface area contributed by atoms with E-state index >= 15 is 0 Å². The van der Waals surface area contributed by atoms with Gasteiger partial charge in [0.05, 0.1) is 12.7 Å². The van der Waals surface area contributed by atoms with Gasteiger partial charge in [0.25, 0.3) is 0 Å². The largest absolute Gasteiger partial charge is 0.490 e. The second kappa shape index (κ2) is 12.9. The van der Waals surface area contributed by atoms with Gasteiger partial charge >= 0.3 is 24.3 Å². The highest BCUT2D eigenvalue weighted by atomic mass is 19.4. The van der Waals surface area contributed by atoms with Crippen LogP contribution in [0, 0.1) is 13.8 Å². The second-order valence-electron chi connectivity index (χ2n) is 8.64. The maximum absolute atomic E-state index is 10.6. The molecule has 1 aliphatic rings. The van der Waals surface area contributed by atoms with Crippen LogP contribution in [0.3, 0.4) is 0 Å². The smallest absolute Gasteiger partial charge is 0.475 e. The first kappa shape index (κ1) is 32.0. The minimum absolute atomic E-state index is 0.500. The maximum Gasteiger partial charge on any atom is 0.490 e. The number of alkyl halides is 6. The van der Waals surface area contributed by atoms with E-state index in [-0.39, 0.29) is 0 Å². The zero-order chi connectivity index (χ0) is 28.7. The van der Waals surface area contributed by atoms with Gasteiger partial charge in [-0.25, -0.2) is 9.59 Å². The molecule has 0 bridgehead atoms. The van der Waals surface area contributed by atoms with Crippen molar-refractivity contribution < 1.29 is 50.6 Å². The zero-order valence-electron chi connectivity index (χ0n) is 20.9. The standard InChI is InChI=1S/C18H28N4O.2C2HF3O2/c1-13-8-16(23-14(13)2)12-22-7-6-17(20(3)4)18(22)9-15-10-19-21(5)11-15;2*3-2(4,5)1(6)7/h8,10-11,17-18H,6-7,9,12H2,1-5H3;2*(H,6,7)/t17-,18+;;/m1../s1. The number of carbonyl (C=O) groups is 2. The van der Waals surface area contributed by atoms with E-state index in [0.717, 1.165) is 31.0 Å². The van der Waals surface area contributed by atoms with Crippen LogP contribution in [0.2, 0.25) is 0 Å². The van der Waals surface area contributed by atoms with Gasteiger partial charge in [-0.2, -0.15) is 31.4 Å². The van der Waals surface area contributed by atoms with E-state index in [1.54, 1.807) is 0 Å². The Morgan fingerprint density at radius 1 is 1.11 bits per heavy atom. The number of hydrogen-bond acceptors (Lipinski definition) is 6. The molecule has 0 spiro atoms. The Morgan fingerprint density at radius 3 is 1.97 bits per heavy atom. The molecule has 210 valence electrons. The molecule has 0 saturated carbocycles. The Balaban J connectivity index is 0.000000404. The Kier molecular flexibility index (Phi) is 11.2. The first-order valence-corrected chi connectivity index (χ1v) is 10.9. The van der Waals surface area contributed by atoms with Gasteiger partial charge in [0.2, 0.25) is 0 Å². The number of carboxylic acid groups (broad SMARTS) is 2. The molecule has 0 aliphatic carbocycles. The number of hydrogen-bond donors (Lipinski definition) is 2. The van der Waals surface area contributed by atoms with Crippen molar-refractivity contribution in [2.45, 2.75) is 57.7 Å². The van der Waals surface area contributed by atoms with Gasteiger partial charge in [-0.3, -0.25) is 9.58 Å². The Morgan fingerprint density at radius 2 is 1.62 bits per heavy atom. The van der Waals surface area contributed by atoms with Crippen LogP contribution in [0.5, 0.6) is 0 Å². The molecule has 2 aromatic heterocycles. The van der Waals surface area contributed by atoms with E-state index in [0.29, 0.717) is 12.1 Å². The normalized spacial score (nSPS) is 18.2. The average molecular weight is 544 g/mol. The molecular weight excluding hydrogens is 514 g/mol. The fourth-order valence-corrected chi connectivity index (χ4v) is 3.71. The Hall–Kier alpha value is -3.07. The Bertz CT molecular complexity index is 988. The molecule has 0 radical (unpaired) electrons. The van der Waals surface area contributed by atoms with Crippen molar-refractivity contribution >= 4 is 11.9 Å². The van der Waals surface area contributed by atoms with Crippen LogP contribution in [0.4, 0.5) is 26.3 Å². The SMILES string of the molecule is Cc1cc(CN2CC[C@@H](N(C)C)[C@@H]2Cc2cnn(C)c2)oc1C.O=C(O)C(F)(F)F.O=C(O)C(F)(F)F. The van der Waals surface area contributed by atoms with Gasteiger partial charge in [-0.15, -0.1) is 0 Å². The first-order valence-electron chi connectivity index (χ1n) is 10.9. The number of nitrogens with zero attached hydrogens (tertiary/aromatic N) is 4. The molecule has 3 heterocycles. The summed E-state index contributed by atoms with van der Waals surface area (Å²) in [5, 5.41) is 18.6. The molecule has 15 heteroatoms. The third-order valence-electron chi connectivity index (χ3n) is 5.55. The van der Waals surface area contributed by atoms with Gasteiger partial charge in [0.1, 0.15) is 11.5 Å². The molecule has 1 aliphatic heterocycles. The summed E-state index contributed by atoms with van der Waals surface area (Å²) in [6.45, 7) is 6.16. The lowest BCUT2D eigenvalue weighted by molar-refractivity contribution is -0.193. The van der Waals surface area contributed by atoms with Crippen molar-refractivity contribution in [1.82, 2.24) is 19.6 Å². The molecule has 37 heavy (non-hydrogen) atoms. The number of halogens is 6. The van der Waals surface area contributed by atoms with Crippen LogP contribution in [0.1, 0.15) is 29.1 Å². The van der Waals surface area contributed by atoms with Gasteiger partial charge in [-0.05, 0) is 58.0 Å². The van der Waals surface area contributed by atoms with Crippen LogP contribution < -0.4 is 0 Å². The third kappa shape index (κ3) is 10.4. The zero-order valence-corrected chi connectivity index (χ0v) is 20.9. The predicted octanol–water partition coefficient (Wildman–Crippen LogP) is 3.64. The molecule has 0 unspecified atom stereocenters. The van der Waals surface area contributed by atoms with Crippen molar-refractivity contribution in [3.8, 4) is 0 Å². The number of rotatable bonds is 5. The minimum Gasteiger partial charge on any atom is -0.475 e. The lowest BCUT2D eigenvalue weighted by atomic mass is 10.0. The van der Waals surface area contributed by atoms with Gasteiger partial charge < -0.3 is 19.5 Å². The molecule has 2 atom stereocenters. The van der Waals surface area contributed by atoms with Crippen molar-refractivity contribution in [2.24, 2.45) is 7.05 Å². The van der Waals surface area contributed by atoms with E-state index in [1.807, 2.05) is 24.9 Å². The topological polar surface area (TPSA) is 112 Å². The van der Waals surface area contributed by atoms with Crippen molar-refractivity contribution in [3.05, 3.63) is 41.1 Å². The van der Waals surface area contributed by atoms with Gasteiger partial charge in [0.15, 0.2) is 0 Å². The Labute approximate surface area is 209 Å². The minimum atomic E-state index is -5.08. The van der Waals surface area contributed by atoms with Crippen LogP contribution in [0.25, 0.3) is 0 Å². The van der Waals surface area contributed by atoms with E-state index in [9.17, 15) is 26.3 Å². The summed E-state index contributed by atoms with van der Waals surface area (Å²) in [5.74, 6) is -3.40. The predicted molar refractivity (Wildman–Crippen MR) is 119 cm³/mol. The van der Waals surface area contributed by atoms with E-state index < -0.39 is 24.3 Å². The molecular formula is C22H30F6N4O5. The van der Waals surface area contributed by atoms with Gasteiger partial charge in [-0.1, -0.05) is 0 Å². The summed E-state index contributed by atoms with van der Waals surface area (Å²) in [6, 6.07) is 3.26. The molecule has 2 N–H and O–H groups in total. The van der Waals surface area contributed by atoms with E-state index in [2.05, 4.69) is 48.2 Å². The number of carboxylic acids is 2. The highest BCUT2D eigenvalue weighted by molar-refractivity contribution is 5.73. The van der Waals surface area contributed by atoms with Crippen molar-refractivity contribution in [2.75, 3.05) is 20.6 Å². The maximum atomic E-state index is 10.6. The molecule has 0 amide bonds. The van der Waals surface area contributed by atoms with Gasteiger partial charge in [0, 0.05) is 31.9 Å². The van der Waals surface area contributed by atoms with Crippen molar-refractivity contribution in [1.29, 1.82) is 0 Å². The number of aliphatic carboxylic acids is 2. The summed E-state index contributed by atoms with van der Waals surface area (Å²) in [5.41, 5.74) is 2.55. The first-order chi connectivity index (χ1) is 16.8. The van der Waals surface area contributed by atoms with Crippen LogP contribution >= 0.6 is 0 Å². The fraction of sp³-hybridized carbons (Fsp3) is 0.591. The van der Waals surface area contributed by atoms with E-state index in [1.165, 1.54) is 17.5 Å². The molecule has 1 fully saturated rings. The second-order valence-corrected chi connectivity index (χ2v) is 8.64. The molecule has 0 aromatic carbocycles. The number of likely N-dealkylation sites (N-methyl/N-ethyl adjacent to an activating group) is 1.